The third-order valence-corrected chi connectivity index (χ3v) is 3.83. The Labute approximate surface area is 111 Å². The fourth-order valence-corrected chi connectivity index (χ4v) is 2.67. The molecule has 2 rings (SSSR count). The van der Waals surface area contributed by atoms with Crippen molar-refractivity contribution in [1.82, 2.24) is 14.9 Å². The number of nitrogens with zero attached hydrogens (tertiary/aromatic N) is 3. The first-order valence-corrected chi connectivity index (χ1v) is 6.86. The molecule has 0 aliphatic rings. The summed E-state index contributed by atoms with van der Waals surface area (Å²) in [6.07, 6.45) is 1.01. The van der Waals surface area contributed by atoms with Crippen molar-refractivity contribution in [1.29, 1.82) is 0 Å². The minimum atomic E-state index is 0.333. The van der Waals surface area contributed by atoms with Crippen molar-refractivity contribution in [2.75, 3.05) is 38.2 Å². The number of thiophene rings is 1. The number of aromatic nitrogens is 2. The maximum absolute atomic E-state index is 5.74. The number of aryl methyl sites for hydroxylation is 1. The van der Waals surface area contributed by atoms with E-state index in [1.165, 1.54) is 4.88 Å². The molecule has 18 heavy (non-hydrogen) atoms. The molecule has 0 unspecified atom stereocenters. The van der Waals surface area contributed by atoms with Crippen molar-refractivity contribution < 1.29 is 0 Å². The molecule has 3 N–H and O–H groups in total. The average molecular weight is 265 g/mol. The van der Waals surface area contributed by atoms with Gasteiger partial charge in [-0.1, -0.05) is 6.92 Å². The van der Waals surface area contributed by atoms with Gasteiger partial charge >= 0.3 is 0 Å². The van der Waals surface area contributed by atoms with Crippen molar-refractivity contribution in [3.63, 3.8) is 0 Å². The van der Waals surface area contributed by atoms with E-state index in [1.807, 2.05) is 14.1 Å². The highest BCUT2D eigenvalue weighted by Gasteiger charge is 2.09. The van der Waals surface area contributed by atoms with Crippen LogP contribution in [0.2, 0.25) is 0 Å². The molecule has 2 aromatic heterocycles. The van der Waals surface area contributed by atoms with Crippen LogP contribution in [0.4, 0.5) is 11.8 Å². The number of hydrogen-bond donors (Lipinski definition) is 2. The molecular weight excluding hydrogens is 246 g/mol. The van der Waals surface area contributed by atoms with Crippen molar-refractivity contribution >= 4 is 33.3 Å². The Morgan fingerprint density at radius 2 is 2.17 bits per heavy atom. The van der Waals surface area contributed by atoms with Gasteiger partial charge in [-0.05, 0) is 26.6 Å². The smallest absolute Gasteiger partial charge is 0.223 e. The van der Waals surface area contributed by atoms with E-state index in [9.17, 15) is 0 Å². The van der Waals surface area contributed by atoms with Gasteiger partial charge in [0.25, 0.3) is 0 Å². The fourth-order valence-electron chi connectivity index (χ4n) is 1.69. The van der Waals surface area contributed by atoms with Gasteiger partial charge in [-0.2, -0.15) is 4.98 Å². The average Bonchev–Trinajstić information content (AvgIpc) is 2.71. The van der Waals surface area contributed by atoms with Crippen LogP contribution >= 0.6 is 11.3 Å². The van der Waals surface area contributed by atoms with Crippen LogP contribution < -0.4 is 11.1 Å². The minimum absolute atomic E-state index is 0.333. The van der Waals surface area contributed by atoms with Crippen molar-refractivity contribution in [2.45, 2.75) is 13.3 Å². The first-order chi connectivity index (χ1) is 8.60. The Kier molecular flexibility index (Phi) is 3.98. The zero-order valence-corrected chi connectivity index (χ0v) is 11.8. The predicted octanol–water partition coefficient (Wildman–Crippen LogP) is 1.81. The van der Waals surface area contributed by atoms with Crippen LogP contribution in [0.15, 0.2) is 6.07 Å². The molecule has 0 fully saturated rings. The molecule has 6 heteroatoms. The standard InChI is InChI=1S/C12H19N5S/c1-4-8-7-9-10(14-5-6-17(2)3)15-12(13)16-11(9)18-8/h7H,4-6H2,1-3H3,(H3,13,14,15,16). The zero-order chi connectivity index (χ0) is 13.1. The van der Waals surface area contributed by atoms with E-state index in [0.29, 0.717) is 5.95 Å². The van der Waals surface area contributed by atoms with Gasteiger partial charge in [-0.25, -0.2) is 4.98 Å². The lowest BCUT2D eigenvalue weighted by Crippen LogP contribution is -2.21. The summed E-state index contributed by atoms with van der Waals surface area (Å²) in [5.74, 6) is 1.18. The second-order valence-corrected chi connectivity index (χ2v) is 5.56. The summed E-state index contributed by atoms with van der Waals surface area (Å²) >= 11 is 1.68. The molecule has 0 bridgehead atoms. The van der Waals surface area contributed by atoms with E-state index in [2.05, 4.69) is 33.2 Å². The van der Waals surface area contributed by atoms with Gasteiger partial charge in [-0.3, -0.25) is 0 Å². The molecule has 0 saturated carbocycles. The van der Waals surface area contributed by atoms with E-state index in [1.54, 1.807) is 11.3 Å². The lowest BCUT2D eigenvalue weighted by atomic mass is 10.3. The van der Waals surface area contributed by atoms with E-state index < -0.39 is 0 Å². The summed E-state index contributed by atoms with van der Waals surface area (Å²) in [6.45, 7) is 3.94. The number of nitrogen functional groups attached to an aromatic ring is 1. The van der Waals surface area contributed by atoms with Crippen LogP contribution in [-0.2, 0) is 6.42 Å². The predicted molar refractivity (Wildman–Crippen MR) is 78.2 cm³/mol. The van der Waals surface area contributed by atoms with Gasteiger partial charge in [0.15, 0.2) is 0 Å². The van der Waals surface area contributed by atoms with E-state index in [0.717, 1.165) is 35.5 Å². The number of nitrogens with one attached hydrogen (secondary N) is 1. The van der Waals surface area contributed by atoms with Crippen LogP contribution in [0.25, 0.3) is 10.2 Å². The summed E-state index contributed by atoms with van der Waals surface area (Å²) in [5, 5.41) is 4.41. The SMILES string of the molecule is CCc1cc2c(NCCN(C)C)nc(N)nc2s1. The zero-order valence-electron chi connectivity index (χ0n) is 11.0. The van der Waals surface area contributed by atoms with E-state index in [4.69, 9.17) is 5.73 Å². The number of rotatable bonds is 5. The fraction of sp³-hybridized carbons (Fsp3) is 0.500. The van der Waals surface area contributed by atoms with Crippen LogP contribution in [0.3, 0.4) is 0 Å². The molecule has 0 spiro atoms. The van der Waals surface area contributed by atoms with Gasteiger partial charge in [0.05, 0.1) is 5.39 Å². The molecule has 0 atom stereocenters. The van der Waals surface area contributed by atoms with E-state index >= 15 is 0 Å². The number of nitrogens with two attached hydrogens (primary N) is 1. The molecule has 0 amide bonds. The second-order valence-electron chi connectivity index (χ2n) is 4.45. The largest absolute Gasteiger partial charge is 0.368 e. The quantitative estimate of drug-likeness (QED) is 0.863. The second kappa shape index (κ2) is 5.49. The van der Waals surface area contributed by atoms with Gasteiger partial charge in [-0.15, -0.1) is 11.3 Å². The lowest BCUT2D eigenvalue weighted by Gasteiger charge is -2.11. The summed E-state index contributed by atoms with van der Waals surface area (Å²) < 4.78 is 0. The summed E-state index contributed by atoms with van der Waals surface area (Å²) in [4.78, 5) is 13.0. The number of hydrogen-bond acceptors (Lipinski definition) is 6. The van der Waals surface area contributed by atoms with Gasteiger partial charge in [0.1, 0.15) is 10.6 Å². The molecule has 0 saturated heterocycles. The highest BCUT2D eigenvalue weighted by molar-refractivity contribution is 7.18. The number of fused-ring (bicyclic) bond motifs is 1. The van der Waals surface area contributed by atoms with E-state index in [-0.39, 0.29) is 0 Å². The van der Waals surface area contributed by atoms with Crippen LogP contribution in [0.1, 0.15) is 11.8 Å². The minimum Gasteiger partial charge on any atom is -0.368 e. The van der Waals surface area contributed by atoms with Crippen LogP contribution in [0, 0.1) is 0 Å². The Morgan fingerprint density at radius 1 is 1.39 bits per heavy atom. The molecule has 98 valence electrons. The molecule has 5 nitrogen and oxygen atoms in total. The molecule has 0 aromatic carbocycles. The topological polar surface area (TPSA) is 67.1 Å². The Balaban J connectivity index is 2.27. The van der Waals surface area contributed by atoms with Gasteiger partial charge in [0.2, 0.25) is 5.95 Å². The Morgan fingerprint density at radius 3 is 2.83 bits per heavy atom. The summed E-state index contributed by atoms with van der Waals surface area (Å²) in [7, 11) is 4.09. The van der Waals surface area contributed by atoms with Gasteiger partial charge < -0.3 is 16.0 Å². The molecule has 0 aliphatic carbocycles. The first kappa shape index (κ1) is 13.0. The maximum atomic E-state index is 5.74. The van der Waals surface area contributed by atoms with Crippen molar-refractivity contribution in [3.8, 4) is 0 Å². The van der Waals surface area contributed by atoms with Crippen LogP contribution in [0.5, 0.6) is 0 Å². The Bertz CT molecular complexity index is 534. The van der Waals surface area contributed by atoms with Gasteiger partial charge in [0, 0.05) is 18.0 Å². The number of likely N-dealkylation sites (N-methyl/N-ethyl adjacent to an activating group) is 1. The molecule has 0 radical (unpaired) electrons. The highest BCUT2D eigenvalue weighted by atomic mass is 32.1. The maximum Gasteiger partial charge on any atom is 0.223 e. The lowest BCUT2D eigenvalue weighted by molar-refractivity contribution is 0.425. The molecule has 2 aromatic rings. The first-order valence-electron chi connectivity index (χ1n) is 6.04. The molecular formula is C12H19N5S. The Hall–Kier alpha value is -1.40. The highest BCUT2D eigenvalue weighted by Crippen LogP contribution is 2.29. The third-order valence-electron chi connectivity index (χ3n) is 2.66. The summed E-state index contributed by atoms with van der Waals surface area (Å²) in [5.41, 5.74) is 5.74. The van der Waals surface area contributed by atoms with Crippen LogP contribution in [-0.4, -0.2) is 42.1 Å². The number of anilines is 2. The van der Waals surface area contributed by atoms with Crippen molar-refractivity contribution in [2.24, 2.45) is 0 Å². The molecule has 2 heterocycles. The summed E-state index contributed by atoms with van der Waals surface area (Å²) in [6, 6.07) is 2.15. The normalized spacial score (nSPS) is 11.3. The van der Waals surface area contributed by atoms with Crippen molar-refractivity contribution in [3.05, 3.63) is 10.9 Å². The molecule has 0 aliphatic heterocycles. The third kappa shape index (κ3) is 2.88. The monoisotopic (exact) mass is 265 g/mol.